The van der Waals surface area contributed by atoms with E-state index in [1.165, 1.54) is 6.07 Å². The SMILES string of the molecule is N#Cc1c(F)cc(OC(F)(F)F)nc1Br. The lowest BCUT2D eigenvalue weighted by Crippen LogP contribution is -2.18. The van der Waals surface area contributed by atoms with Crippen LogP contribution in [0.5, 0.6) is 5.88 Å². The van der Waals surface area contributed by atoms with Gasteiger partial charge < -0.3 is 4.74 Å². The summed E-state index contributed by atoms with van der Waals surface area (Å²) >= 11 is 2.64. The van der Waals surface area contributed by atoms with Crippen molar-refractivity contribution in [1.29, 1.82) is 5.26 Å². The van der Waals surface area contributed by atoms with E-state index >= 15 is 0 Å². The third kappa shape index (κ3) is 3.06. The highest BCUT2D eigenvalue weighted by molar-refractivity contribution is 9.10. The lowest BCUT2D eigenvalue weighted by molar-refractivity contribution is -0.276. The van der Waals surface area contributed by atoms with Crippen LogP contribution in [0.25, 0.3) is 0 Å². The molecule has 0 bridgehead atoms. The van der Waals surface area contributed by atoms with Crippen molar-refractivity contribution in [3.05, 3.63) is 22.1 Å². The Balaban J connectivity index is 3.11. The van der Waals surface area contributed by atoms with Gasteiger partial charge in [0.1, 0.15) is 22.1 Å². The zero-order chi connectivity index (χ0) is 11.6. The van der Waals surface area contributed by atoms with Crippen molar-refractivity contribution in [2.45, 2.75) is 6.36 Å². The topological polar surface area (TPSA) is 45.9 Å². The smallest absolute Gasteiger partial charge is 0.388 e. The van der Waals surface area contributed by atoms with Gasteiger partial charge in [0, 0.05) is 6.07 Å². The summed E-state index contributed by atoms with van der Waals surface area (Å²) < 4.78 is 51.1. The normalized spacial score (nSPS) is 10.9. The molecule has 0 aromatic carbocycles. The van der Waals surface area contributed by atoms with Crippen LogP contribution < -0.4 is 4.74 Å². The fourth-order valence-corrected chi connectivity index (χ4v) is 1.19. The average molecular weight is 285 g/mol. The van der Waals surface area contributed by atoms with Crippen LogP contribution in [0.4, 0.5) is 17.6 Å². The molecule has 0 saturated carbocycles. The number of aromatic nitrogens is 1. The van der Waals surface area contributed by atoms with E-state index in [1.54, 1.807) is 0 Å². The second-order valence-corrected chi connectivity index (χ2v) is 3.02. The summed E-state index contributed by atoms with van der Waals surface area (Å²) in [6.45, 7) is 0. The molecule has 0 saturated heterocycles. The maximum Gasteiger partial charge on any atom is 0.574 e. The van der Waals surface area contributed by atoms with Crippen LogP contribution >= 0.6 is 15.9 Å². The molecule has 0 radical (unpaired) electrons. The van der Waals surface area contributed by atoms with Crippen LogP contribution in [0.1, 0.15) is 5.56 Å². The van der Waals surface area contributed by atoms with Gasteiger partial charge in [0.15, 0.2) is 0 Å². The van der Waals surface area contributed by atoms with Crippen molar-refractivity contribution in [2.24, 2.45) is 0 Å². The summed E-state index contributed by atoms with van der Waals surface area (Å²) in [6, 6.07) is 1.82. The standard InChI is InChI=1S/C7HBrF4N2O/c8-6-3(2-13)4(9)1-5(14-6)15-7(10,11)12/h1H. The minimum atomic E-state index is -4.95. The Hall–Kier alpha value is -1.36. The van der Waals surface area contributed by atoms with Gasteiger partial charge in [-0.2, -0.15) is 5.26 Å². The molecule has 0 aliphatic rings. The van der Waals surface area contributed by atoms with Crippen LogP contribution in [0, 0.1) is 17.1 Å². The van der Waals surface area contributed by atoms with Gasteiger partial charge in [0.05, 0.1) is 0 Å². The minimum Gasteiger partial charge on any atom is -0.388 e. The predicted octanol–water partition coefficient (Wildman–Crippen LogP) is 2.75. The van der Waals surface area contributed by atoms with Crippen molar-refractivity contribution in [3.63, 3.8) is 0 Å². The largest absolute Gasteiger partial charge is 0.574 e. The van der Waals surface area contributed by atoms with Crippen molar-refractivity contribution in [3.8, 4) is 11.9 Å². The van der Waals surface area contributed by atoms with Crippen molar-refractivity contribution < 1.29 is 22.3 Å². The summed E-state index contributed by atoms with van der Waals surface area (Å²) in [7, 11) is 0. The zero-order valence-electron chi connectivity index (χ0n) is 6.77. The summed E-state index contributed by atoms with van der Waals surface area (Å²) in [5.41, 5.74) is -0.482. The molecule has 0 aliphatic heterocycles. The molecule has 15 heavy (non-hydrogen) atoms. The highest BCUT2D eigenvalue weighted by Gasteiger charge is 2.32. The molecule has 0 amide bonds. The molecule has 1 rings (SSSR count). The first-order valence-electron chi connectivity index (χ1n) is 3.35. The first-order chi connectivity index (χ1) is 6.83. The first kappa shape index (κ1) is 11.7. The third-order valence-corrected chi connectivity index (χ3v) is 1.81. The molecule has 0 fully saturated rings. The van der Waals surface area contributed by atoms with Gasteiger partial charge in [-0.05, 0) is 15.9 Å². The van der Waals surface area contributed by atoms with E-state index in [4.69, 9.17) is 5.26 Å². The third-order valence-electron chi connectivity index (χ3n) is 1.24. The number of hydrogen-bond donors (Lipinski definition) is 0. The van der Waals surface area contributed by atoms with Gasteiger partial charge >= 0.3 is 6.36 Å². The van der Waals surface area contributed by atoms with Crippen LogP contribution in [-0.2, 0) is 0 Å². The molecule has 1 aromatic rings. The average Bonchev–Trinajstić information content (AvgIpc) is 1.99. The minimum absolute atomic E-state index is 0.343. The molecule has 3 nitrogen and oxygen atoms in total. The maximum absolute atomic E-state index is 12.9. The van der Waals surface area contributed by atoms with E-state index in [-0.39, 0.29) is 4.60 Å². The first-order valence-corrected chi connectivity index (χ1v) is 4.14. The number of nitriles is 1. The summed E-state index contributed by atoms with van der Waals surface area (Å²) in [6.07, 6.45) is -4.95. The predicted molar refractivity (Wildman–Crippen MR) is 43.3 cm³/mol. The van der Waals surface area contributed by atoms with Gasteiger partial charge in [-0.25, -0.2) is 9.37 Å². The monoisotopic (exact) mass is 284 g/mol. The molecule has 80 valence electrons. The number of nitrogens with zero attached hydrogens (tertiary/aromatic N) is 2. The van der Waals surface area contributed by atoms with Crippen LogP contribution in [0.2, 0.25) is 0 Å². The molecule has 0 N–H and O–H groups in total. The van der Waals surface area contributed by atoms with Crippen molar-refractivity contribution in [1.82, 2.24) is 4.98 Å². The Kier molecular flexibility index (Phi) is 3.14. The number of pyridine rings is 1. The van der Waals surface area contributed by atoms with Gasteiger partial charge in [-0.15, -0.1) is 13.2 Å². The zero-order valence-corrected chi connectivity index (χ0v) is 8.36. The van der Waals surface area contributed by atoms with E-state index in [1.807, 2.05) is 0 Å². The highest BCUT2D eigenvalue weighted by Crippen LogP contribution is 2.26. The van der Waals surface area contributed by atoms with E-state index in [0.29, 0.717) is 6.07 Å². The summed E-state index contributed by atoms with van der Waals surface area (Å²) in [5.74, 6) is -2.11. The molecule has 0 unspecified atom stereocenters. The van der Waals surface area contributed by atoms with E-state index < -0.39 is 23.6 Å². The van der Waals surface area contributed by atoms with Crippen molar-refractivity contribution in [2.75, 3.05) is 0 Å². The van der Waals surface area contributed by atoms with Gasteiger partial charge in [0.2, 0.25) is 5.88 Å². The van der Waals surface area contributed by atoms with E-state index in [2.05, 4.69) is 25.7 Å². The molecule has 0 spiro atoms. The van der Waals surface area contributed by atoms with Crippen LogP contribution in [0.15, 0.2) is 10.7 Å². The Morgan fingerprint density at radius 3 is 2.47 bits per heavy atom. The lowest BCUT2D eigenvalue weighted by Gasteiger charge is -2.08. The lowest BCUT2D eigenvalue weighted by atomic mass is 10.3. The molecule has 0 atom stereocenters. The van der Waals surface area contributed by atoms with Crippen LogP contribution in [-0.4, -0.2) is 11.3 Å². The van der Waals surface area contributed by atoms with Crippen molar-refractivity contribution >= 4 is 15.9 Å². The highest BCUT2D eigenvalue weighted by atomic mass is 79.9. The number of ether oxygens (including phenoxy) is 1. The van der Waals surface area contributed by atoms with E-state index in [0.717, 1.165) is 0 Å². The molecule has 0 aliphatic carbocycles. The number of halogens is 5. The quantitative estimate of drug-likeness (QED) is 0.588. The Morgan fingerprint density at radius 2 is 2.07 bits per heavy atom. The van der Waals surface area contributed by atoms with Gasteiger partial charge in [-0.3, -0.25) is 0 Å². The second kappa shape index (κ2) is 4.02. The van der Waals surface area contributed by atoms with Crippen LogP contribution in [0.3, 0.4) is 0 Å². The molecule has 1 aromatic heterocycles. The maximum atomic E-state index is 12.9. The van der Waals surface area contributed by atoms with Gasteiger partial charge in [0.25, 0.3) is 0 Å². The number of hydrogen-bond acceptors (Lipinski definition) is 3. The Morgan fingerprint density at radius 1 is 1.47 bits per heavy atom. The second-order valence-electron chi connectivity index (χ2n) is 2.27. The Bertz CT molecular complexity index is 403. The number of rotatable bonds is 1. The number of alkyl halides is 3. The molecular weight excluding hydrogens is 284 g/mol. The van der Waals surface area contributed by atoms with E-state index in [9.17, 15) is 17.6 Å². The fraction of sp³-hybridized carbons (Fsp3) is 0.143. The summed E-state index contributed by atoms with van der Waals surface area (Å²) in [5, 5.41) is 8.40. The molecule has 1 heterocycles. The fourth-order valence-electron chi connectivity index (χ4n) is 0.734. The molecule has 8 heteroatoms. The Labute approximate surface area is 89.4 Å². The summed E-state index contributed by atoms with van der Waals surface area (Å²) in [4.78, 5) is 3.20. The molecular formula is C7HBrF4N2O. The van der Waals surface area contributed by atoms with Gasteiger partial charge in [-0.1, -0.05) is 0 Å².